The maximum atomic E-state index is 14.7. The molecule has 3 amide bonds. The van der Waals surface area contributed by atoms with Gasteiger partial charge in [-0.15, -0.1) is 24.9 Å². The average molecular weight is 652 g/mol. The number of carbonyl (C=O) groups excluding carboxylic acids is 3. The first kappa shape index (κ1) is 33.1. The number of halogens is 1. The molecule has 10 heteroatoms. The van der Waals surface area contributed by atoms with E-state index >= 15 is 0 Å². The number of aliphatic hydroxyl groups is 1. The van der Waals surface area contributed by atoms with Crippen LogP contribution in [0.1, 0.15) is 39.0 Å². The SMILES string of the molecule is C=CCN(C(=O)[C@@H]1[C@H]2C(=O)N(CCCCCO)C(C(=O)N(CC=C)c3ccccc3Cl)C23CC[C@H]1S3)c1ccc(OCC)cc1. The number of rotatable bonds is 15. The number of hydrogen-bond donors (Lipinski definition) is 1. The van der Waals surface area contributed by atoms with Gasteiger partial charge in [-0.2, -0.15) is 0 Å². The molecule has 0 aliphatic carbocycles. The molecule has 2 bridgehead atoms. The van der Waals surface area contributed by atoms with E-state index in [9.17, 15) is 19.5 Å². The topological polar surface area (TPSA) is 90.4 Å². The van der Waals surface area contributed by atoms with Crippen molar-refractivity contribution in [3.63, 3.8) is 0 Å². The Hall–Kier alpha value is -3.27. The molecule has 2 aromatic rings. The number of carbonyl (C=O) groups is 3. The van der Waals surface area contributed by atoms with Crippen LogP contribution in [0.3, 0.4) is 0 Å². The predicted molar refractivity (Wildman–Crippen MR) is 181 cm³/mol. The Labute approximate surface area is 275 Å². The van der Waals surface area contributed by atoms with Crippen molar-refractivity contribution in [3.8, 4) is 5.75 Å². The molecule has 0 aromatic heterocycles. The third-order valence-corrected chi connectivity index (χ3v) is 11.4. The fourth-order valence-corrected chi connectivity index (χ4v) is 9.74. The van der Waals surface area contributed by atoms with E-state index < -0.39 is 22.6 Å². The minimum Gasteiger partial charge on any atom is -0.494 e. The Kier molecular flexibility index (Phi) is 10.6. The molecule has 2 unspecified atom stereocenters. The second-order valence-corrected chi connectivity index (χ2v) is 13.7. The molecule has 5 atom stereocenters. The molecular weight excluding hydrogens is 610 g/mol. The molecule has 3 fully saturated rings. The number of benzene rings is 2. The van der Waals surface area contributed by atoms with E-state index in [4.69, 9.17) is 16.3 Å². The Bertz CT molecular complexity index is 1420. The van der Waals surface area contributed by atoms with E-state index in [0.29, 0.717) is 61.1 Å². The van der Waals surface area contributed by atoms with Crippen LogP contribution in [0.25, 0.3) is 0 Å². The molecule has 3 heterocycles. The zero-order valence-electron chi connectivity index (χ0n) is 25.8. The minimum atomic E-state index is -0.758. The van der Waals surface area contributed by atoms with Crippen molar-refractivity contribution in [1.82, 2.24) is 4.90 Å². The van der Waals surface area contributed by atoms with Gasteiger partial charge in [-0.25, -0.2) is 0 Å². The van der Waals surface area contributed by atoms with Crippen molar-refractivity contribution in [2.75, 3.05) is 42.6 Å². The van der Waals surface area contributed by atoms with Crippen LogP contribution in [0.2, 0.25) is 5.02 Å². The molecule has 1 N–H and O–H groups in total. The summed E-state index contributed by atoms with van der Waals surface area (Å²) < 4.78 is 4.86. The molecule has 3 aliphatic heterocycles. The van der Waals surface area contributed by atoms with E-state index in [1.807, 2.05) is 43.3 Å². The zero-order chi connectivity index (χ0) is 32.1. The monoisotopic (exact) mass is 651 g/mol. The second kappa shape index (κ2) is 14.4. The molecular formula is C35H42ClN3O5S. The van der Waals surface area contributed by atoms with Gasteiger partial charge >= 0.3 is 0 Å². The van der Waals surface area contributed by atoms with Gasteiger partial charge < -0.3 is 24.5 Å². The summed E-state index contributed by atoms with van der Waals surface area (Å²) in [6.07, 6.45) is 6.75. The number of aliphatic hydroxyl groups excluding tert-OH is 1. The van der Waals surface area contributed by atoms with Crippen molar-refractivity contribution in [2.45, 2.75) is 55.1 Å². The van der Waals surface area contributed by atoms with Gasteiger partial charge in [0.1, 0.15) is 11.8 Å². The lowest BCUT2D eigenvalue weighted by atomic mass is 9.70. The Morgan fingerprint density at radius 1 is 1.07 bits per heavy atom. The first-order chi connectivity index (χ1) is 21.8. The number of unbranched alkanes of at least 4 members (excludes halogenated alkanes) is 2. The summed E-state index contributed by atoms with van der Waals surface area (Å²) in [6, 6.07) is 13.8. The Morgan fingerprint density at radius 2 is 1.78 bits per heavy atom. The van der Waals surface area contributed by atoms with E-state index in [2.05, 4.69) is 13.2 Å². The largest absolute Gasteiger partial charge is 0.494 e. The third kappa shape index (κ3) is 6.14. The maximum Gasteiger partial charge on any atom is 0.251 e. The molecule has 2 aromatic carbocycles. The second-order valence-electron chi connectivity index (χ2n) is 11.7. The number of ether oxygens (including phenoxy) is 1. The van der Waals surface area contributed by atoms with Gasteiger partial charge in [0, 0.05) is 37.2 Å². The molecule has 3 aliphatic rings. The number of anilines is 2. The molecule has 45 heavy (non-hydrogen) atoms. The van der Waals surface area contributed by atoms with E-state index in [1.54, 1.807) is 50.7 Å². The summed E-state index contributed by atoms with van der Waals surface area (Å²) in [5.74, 6) is -0.974. The van der Waals surface area contributed by atoms with Crippen LogP contribution < -0.4 is 14.5 Å². The fraction of sp³-hybridized carbons (Fsp3) is 0.457. The highest BCUT2D eigenvalue weighted by atomic mass is 35.5. The van der Waals surface area contributed by atoms with Gasteiger partial charge in [-0.3, -0.25) is 14.4 Å². The fourth-order valence-electron chi connectivity index (χ4n) is 7.30. The number of fused-ring (bicyclic) bond motifs is 1. The first-order valence-electron chi connectivity index (χ1n) is 15.7. The van der Waals surface area contributed by atoms with Gasteiger partial charge in [0.2, 0.25) is 11.8 Å². The number of thioether (sulfide) groups is 1. The highest BCUT2D eigenvalue weighted by Crippen LogP contribution is 2.67. The Morgan fingerprint density at radius 3 is 2.44 bits per heavy atom. The lowest BCUT2D eigenvalue weighted by Crippen LogP contribution is -2.55. The van der Waals surface area contributed by atoms with Gasteiger partial charge in [-0.1, -0.05) is 35.9 Å². The summed E-state index contributed by atoms with van der Waals surface area (Å²) >= 11 is 8.23. The molecule has 5 rings (SSSR count). The van der Waals surface area contributed by atoms with Crippen LogP contribution in [0.5, 0.6) is 5.75 Å². The quantitative estimate of drug-likeness (QED) is 0.195. The highest BCUT2D eigenvalue weighted by molar-refractivity contribution is 8.02. The number of para-hydroxylation sites is 1. The normalized spacial score (nSPS) is 24.8. The highest BCUT2D eigenvalue weighted by Gasteiger charge is 2.74. The number of nitrogens with zero attached hydrogens (tertiary/aromatic N) is 3. The summed E-state index contributed by atoms with van der Waals surface area (Å²) in [4.78, 5) is 48.8. The van der Waals surface area contributed by atoms with Crippen molar-refractivity contribution >= 4 is 52.5 Å². The van der Waals surface area contributed by atoms with Crippen molar-refractivity contribution < 1.29 is 24.2 Å². The van der Waals surface area contributed by atoms with Crippen LogP contribution in [0.4, 0.5) is 11.4 Å². The number of likely N-dealkylation sites (tertiary alicyclic amines) is 1. The van der Waals surface area contributed by atoms with Crippen LogP contribution in [-0.4, -0.2) is 76.6 Å². The van der Waals surface area contributed by atoms with Crippen molar-refractivity contribution in [1.29, 1.82) is 0 Å². The standard InChI is InChI=1S/C35H42ClN3O5S/c1-4-20-37(24-14-16-25(17-15-24)44-6-3)32(41)29-28-18-19-35(45-28)30(29)33(42)39(22-10-7-11-23-40)31(35)34(43)38(21-5-2)27-13-9-8-12-26(27)36/h4-5,8-9,12-17,28-31,40H,1-2,6-7,10-11,18-23H2,3H3/t28-,29+,30+,31?,35?/m1/s1. The summed E-state index contributed by atoms with van der Waals surface area (Å²) in [5.41, 5.74) is 1.27. The number of hydrogen-bond acceptors (Lipinski definition) is 6. The van der Waals surface area contributed by atoms with E-state index in [1.165, 1.54) is 0 Å². The zero-order valence-corrected chi connectivity index (χ0v) is 27.3. The van der Waals surface area contributed by atoms with Gasteiger partial charge in [0.15, 0.2) is 0 Å². The van der Waals surface area contributed by atoms with Gasteiger partial charge in [-0.05, 0) is 75.4 Å². The van der Waals surface area contributed by atoms with Crippen molar-refractivity contribution in [2.24, 2.45) is 11.8 Å². The average Bonchev–Trinajstić information content (AvgIpc) is 3.68. The number of amides is 3. The van der Waals surface area contributed by atoms with Gasteiger partial charge in [0.05, 0.1) is 33.9 Å². The van der Waals surface area contributed by atoms with Crippen LogP contribution >= 0.6 is 23.4 Å². The molecule has 240 valence electrons. The lowest BCUT2D eigenvalue weighted by Gasteiger charge is -2.38. The predicted octanol–water partition coefficient (Wildman–Crippen LogP) is 5.73. The minimum absolute atomic E-state index is 0.0707. The molecule has 8 nitrogen and oxygen atoms in total. The molecule has 0 saturated carbocycles. The van der Waals surface area contributed by atoms with Gasteiger partial charge in [0.25, 0.3) is 5.91 Å². The third-order valence-electron chi connectivity index (χ3n) is 9.13. The van der Waals surface area contributed by atoms with Crippen LogP contribution in [0, 0.1) is 11.8 Å². The smallest absolute Gasteiger partial charge is 0.251 e. The summed E-state index contributed by atoms with van der Waals surface area (Å²) in [6.45, 7) is 11.2. The van der Waals surface area contributed by atoms with E-state index in [-0.39, 0.29) is 36.1 Å². The summed E-state index contributed by atoms with van der Waals surface area (Å²) in [7, 11) is 0. The maximum absolute atomic E-state index is 14.7. The van der Waals surface area contributed by atoms with Crippen LogP contribution in [-0.2, 0) is 14.4 Å². The van der Waals surface area contributed by atoms with E-state index in [0.717, 1.165) is 12.8 Å². The van der Waals surface area contributed by atoms with Crippen LogP contribution in [0.15, 0.2) is 73.8 Å². The summed E-state index contributed by atoms with van der Waals surface area (Å²) in [5, 5.41) is 9.71. The molecule has 0 radical (unpaired) electrons. The lowest BCUT2D eigenvalue weighted by molar-refractivity contribution is -0.139. The Balaban J connectivity index is 1.52. The molecule has 1 spiro atoms. The molecule has 3 saturated heterocycles. The first-order valence-corrected chi connectivity index (χ1v) is 17.0. The van der Waals surface area contributed by atoms with Crippen molar-refractivity contribution in [3.05, 3.63) is 78.9 Å².